The first-order valence-corrected chi connectivity index (χ1v) is 5.57. The van der Waals surface area contributed by atoms with Crippen LogP contribution in [0.15, 0.2) is 10.5 Å². The molecule has 78 valence electrons. The molecule has 0 saturated carbocycles. The van der Waals surface area contributed by atoms with Gasteiger partial charge in [0, 0.05) is 10.0 Å². The highest BCUT2D eigenvalue weighted by Crippen LogP contribution is 2.35. The van der Waals surface area contributed by atoms with E-state index in [0.717, 1.165) is 24.8 Å². The number of hydrogen-bond donors (Lipinski definition) is 0. The van der Waals surface area contributed by atoms with E-state index in [1.54, 1.807) is 0 Å². The third-order valence-corrected chi connectivity index (χ3v) is 3.17. The molecule has 0 unspecified atom stereocenters. The summed E-state index contributed by atoms with van der Waals surface area (Å²) in [6, 6.07) is 3.20. The molecule has 1 heterocycles. The summed E-state index contributed by atoms with van der Waals surface area (Å²) < 4.78 is 19.6. The van der Waals surface area contributed by atoms with Gasteiger partial charge in [-0.1, -0.05) is 15.9 Å². The second-order valence-electron chi connectivity index (χ2n) is 3.44. The zero-order valence-corrected chi connectivity index (χ0v) is 9.60. The number of fused-ring (bicyclic) bond motifs is 1. The predicted molar refractivity (Wildman–Crippen MR) is 57.2 cm³/mol. The van der Waals surface area contributed by atoms with E-state index in [2.05, 4.69) is 15.9 Å². The fraction of sp³-hybridized carbons (Fsp3) is 0.364. The lowest BCUT2D eigenvalue weighted by molar-refractivity contribution is 0.314. The van der Waals surface area contributed by atoms with Gasteiger partial charge in [0.25, 0.3) is 0 Å². The minimum Gasteiger partial charge on any atom is -0.492 e. The monoisotopic (exact) mass is 269 g/mol. The Morgan fingerprint density at radius 1 is 1.47 bits per heavy atom. The van der Waals surface area contributed by atoms with Crippen molar-refractivity contribution >= 4 is 15.9 Å². The summed E-state index contributed by atoms with van der Waals surface area (Å²) in [4.78, 5) is 0. The molecule has 15 heavy (non-hydrogen) atoms. The molecule has 0 bridgehead atoms. The zero-order chi connectivity index (χ0) is 10.8. The number of ether oxygens (including phenoxy) is 1. The Bertz CT molecular complexity index is 439. The molecule has 2 nitrogen and oxygen atoms in total. The molecule has 0 aliphatic carbocycles. The molecular formula is C11H9BrFNO. The van der Waals surface area contributed by atoms with Crippen molar-refractivity contribution in [2.24, 2.45) is 0 Å². The highest BCUT2D eigenvalue weighted by atomic mass is 79.9. The van der Waals surface area contributed by atoms with Crippen molar-refractivity contribution in [3.05, 3.63) is 27.5 Å². The largest absolute Gasteiger partial charge is 0.492 e. The summed E-state index contributed by atoms with van der Waals surface area (Å²) >= 11 is 3.30. The van der Waals surface area contributed by atoms with Gasteiger partial charge in [-0.2, -0.15) is 5.26 Å². The van der Waals surface area contributed by atoms with Crippen LogP contribution in [0.5, 0.6) is 5.75 Å². The van der Waals surface area contributed by atoms with E-state index in [1.807, 2.05) is 6.07 Å². The molecule has 0 atom stereocenters. The van der Waals surface area contributed by atoms with Crippen molar-refractivity contribution in [2.75, 3.05) is 6.61 Å². The molecule has 0 N–H and O–H groups in total. The number of rotatable bonds is 0. The fourth-order valence-electron chi connectivity index (χ4n) is 1.71. The average Bonchev–Trinajstić information content (AvgIpc) is 2.44. The van der Waals surface area contributed by atoms with E-state index in [0.29, 0.717) is 16.8 Å². The van der Waals surface area contributed by atoms with Crippen molar-refractivity contribution in [2.45, 2.75) is 19.3 Å². The molecule has 0 spiro atoms. The molecule has 1 aliphatic heterocycles. The Morgan fingerprint density at radius 3 is 3.00 bits per heavy atom. The summed E-state index contributed by atoms with van der Waals surface area (Å²) in [5.74, 6) is -0.105. The molecule has 0 radical (unpaired) electrons. The van der Waals surface area contributed by atoms with Gasteiger partial charge >= 0.3 is 0 Å². The molecule has 0 fully saturated rings. The smallest absolute Gasteiger partial charge is 0.145 e. The molecule has 0 aromatic heterocycles. The van der Waals surface area contributed by atoms with Gasteiger partial charge in [0.15, 0.2) is 0 Å². The highest BCUT2D eigenvalue weighted by molar-refractivity contribution is 9.10. The Labute approximate surface area is 95.8 Å². The minimum absolute atomic E-state index is 0.0232. The van der Waals surface area contributed by atoms with Gasteiger partial charge in [-0.25, -0.2) is 4.39 Å². The first kappa shape index (κ1) is 10.4. The van der Waals surface area contributed by atoms with Crippen LogP contribution in [0.1, 0.15) is 24.0 Å². The Kier molecular flexibility index (Phi) is 2.92. The molecule has 0 saturated heterocycles. The second-order valence-corrected chi connectivity index (χ2v) is 4.29. The summed E-state index contributed by atoms with van der Waals surface area (Å²) in [7, 11) is 0. The Morgan fingerprint density at radius 2 is 2.27 bits per heavy atom. The molecule has 1 aromatic carbocycles. The molecule has 1 aromatic rings. The average molecular weight is 270 g/mol. The van der Waals surface area contributed by atoms with Crippen molar-refractivity contribution < 1.29 is 9.13 Å². The van der Waals surface area contributed by atoms with Gasteiger partial charge < -0.3 is 4.74 Å². The van der Waals surface area contributed by atoms with Crippen LogP contribution in [-0.4, -0.2) is 6.61 Å². The van der Waals surface area contributed by atoms with Crippen molar-refractivity contribution in [1.29, 1.82) is 5.26 Å². The number of nitriles is 1. The second kappa shape index (κ2) is 4.19. The SMILES string of the molecule is N#Cc1c(F)cc(Br)c2c1OCCCC2. The topological polar surface area (TPSA) is 33.0 Å². The van der Waals surface area contributed by atoms with Crippen LogP contribution in [0, 0.1) is 17.1 Å². The number of hydrogen-bond acceptors (Lipinski definition) is 2. The third kappa shape index (κ3) is 1.84. The van der Waals surface area contributed by atoms with E-state index in [-0.39, 0.29) is 5.56 Å². The molecule has 2 rings (SSSR count). The normalized spacial score (nSPS) is 14.7. The lowest BCUT2D eigenvalue weighted by atomic mass is 10.0. The first-order chi connectivity index (χ1) is 7.24. The minimum atomic E-state index is -0.523. The zero-order valence-electron chi connectivity index (χ0n) is 8.02. The van der Waals surface area contributed by atoms with Crippen LogP contribution in [0.4, 0.5) is 4.39 Å². The van der Waals surface area contributed by atoms with Crippen molar-refractivity contribution in [3.8, 4) is 11.8 Å². The van der Waals surface area contributed by atoms with Gasteiger partial charge in [0.2, 0.25) is 0 Å². The van der Waals surface area contributed by atoms with E-state index in [9.17, 15) is 4.39 Å². The van der Waals surface area contributed by atoms with E-state index < -0.39 is 5.82 Å². The van der Waals surface area contributed by atoms with Crippen LogP contribution in [0.2, 0.25) is 0 Å². The number of nitrogens with zero attached hydrogens (tertiary/aromatic N) is 1. The van der Waals surface area contributed by atoms with Gasteiger partial charge in [-0.15, -0.1) is 0 Å². The van der Waals surface area contributed by atoms with E-state index in [4.69, 9.17) is 10.00 Å². The fourth-order valence-corrected chi connectivity index (χ4v) is 2.29. The molecule has 0 amide bonds. The molecule has 4 heteroatoms. The molecular weight excluding hydrogens is 261 g/mol. The maximum absolute atomic E-state index is 13.4. The lowest BCUT2D eigenvalue weighted by Gasteiger charge is -2.11. The third-order valence-electron chi connectivity index (χ3n) is 2.46. The summed E-state index contributed by atoms with van der Waals surface area (Å²) in [5, 5.41) is 8.87. The van der Waals surface area contributed by atoms with Gasteiger partial charge in [0.05, 0.1) is 6.61 Å². The number of halogens is 2. The van der Waals surface area contributed by atoms with Crippen LogP contribution < -0.4 is 4.74 Å². The van der Waals surface area contributed by atoms with E-state index in [1.165, 1.54) is 6.07 Å². The van der Waals surface area contributed by atoms with E-state index >= 15 is 0 Å². The predicted octanol–water partition coefficient (Wildman–Crippen LogP) is 3.17. The maximum atomic E-state index is 13.4. The Hall–Kier alpha value is -1.08. The lowest BCUT2D eigenvalue weighted by Crippen LogP contribution is -2.00. The van der Waals surface area contributed by atoms with Gasteiger partial charge in [-0.05, 0) is 25.3 Å². The standard InChI is InChI=1S/C11H9BrFNO/c12-9-5-10(13)8(6-14)11-7(9)3-1-2-4-15-11/h5H,1-4H2. The number of benzene rings is 1. The quantitative estimate of drug-likeness (QED) is 0.725. The van der Waals surface area contributed by atoms with Crippen molar-refractivity contribution in [1.82, 2.24) is 0 Å². The van der Waals surface area contributed by atoms with Gasteiger partial charge in [-0.3, -0.25) is 0 Å². The van der Waals surface area contributed by atoms with Crippen LogP contribution in [-0.2, 0) is 6.42 Å². The van der Waals surface area contributed by atoms with Crippen molar-refractivity contribution in [3.63, 3.8) is 0 Å². The van der Waals surface area contributed by atoms with Crippen LogP contribution in [0.3, 0.4) is 0 Å². The first-order valence-electron chi connectivity index (χ1n) is 4.78. The van der Waals surface area contributed by atoms with Crippen LogP contribution in [0.25, 0.3) is 0 Å². The molecule has 1 aliphatic rings. The van der Waals surface area contributed by atoms with Gasteiger partial charge in [0.1, 0.15) is 23.2 Å². The summed E-state index contributed by atoms with van der Waals surface area (Å²) in [6.07, 6.45) is 2.76. The Balaban J connectivity index is 2.64. The summed E-state index contributed by atoms with van der Waals surface area (Å²) in [6.45, 7) is 0.553. The maximum Gasteiger partial charge on any atom is 0.145 e. The summed E-state index contributed by atoms with van der Waals surface area (Å²) in [5.41, 5.74) is 0.931. The van der Waals surface area contributed by atoms with Crippen LogP contribution >= 0.6 is 15.9 Å². The highest BCUT2D eigenvalue weighted by Gasteiger charge is 2.20.